The fourth-order valence-corrected chi connectivity index (χ4v) is 3.93. The summed E-state index contributed by atoms with van der Waals surface area (Å²) in [6.07, 6.45) is 0.351. The molecule has 2 aromatic carbocycles. The summed E-state index contributed by atoms with van der Waals surface area (Å²) in [5.74, 6) is -0.756. The first-order valence-corrected chi connectivity index (χ1v) is 10.4. The molecule has 0 unspecified atom stereocenters. The Morgan fingerprint density at radius 2 is 2.04 bits per heavy atom. The minimum Gasteiger partial charge on any atom is -0.478 e. The maximum Gasteiger partial charge on any atom is 0.265 e. The lowest BCUT2D eigenvalue weighted by atomic mass is 10.2. The number of nitrogens with one attached hydrogen (secondary N) is 1. The predicted octanol–water partition coefficient (Wildman–Crippen LogP) is 3.34. The number of ether oxygens (including phenoxy) is 1. The number of sulfonamides is 1. The molecule has 1 aliphatic heterocycles. The molecule has 0 fully saturated rings. The van der Waals surface area contributed by atoms with E-state index in [1.165, 1.54) is 16.4 Å². The van der Waals surface area contributed by atoms with Gasteiger partial charge in [0.2, 0.25) is 10.0 Å². The number of benzene rings is 2. The quantitative estimate of drug-likeness (QED) is 0.838. The largest absolute Gasteiger partial charge is 0.478 e. The fraction of sp³-hybridized carbons (Fsp3) is 0.278. The van der Waals surface area contributed by atoms with Gasteiger partial charge in [-0.15, -0.1) is 0 Å². The van der Waals surface area contributed by atoms with Crippen LogP contribution in [0.15, 0.2) is 36.4 Å². The van der Waals surface area contributed by atoms with Crippen molar-refractivity contribution < 1.29 is 22.3 Å². The standard InChI is InChI=1S/C18H18ClFN2O4S/c1-11-3-6-16-15(9-11)22(27(2,24)25)8-7-17(26-16)18(23)21-12-4-5-14(20)13(19)10-12/h3-6,9-10,17H,7-8H2,1-2H3,(H,21,23)/t17-/m0/s1. The SMILES string of the molecule is Cc1ccc2c(c1)N(S(C)(=O)=O)CC[C@@H](C(=O)Nc1ccc(F)c(Cl)c1)O2. The summed E-state index contributed by atoms with van der Waals surface area (Å²) in [6.45, 7) is 1.94. The summed E-state index contributed by atoms with van der Waals surface area (Å²) in [6, 6.07) is 8.95. The zero-order valence-corrected chi connectivity index (χ0v) is 16.3. The fourth-order valence-electron chi connectivity index (χ4n) is 2.81. The minimum absolute atomic E-state index is 0.0948. The van der Waals surface area contributed by atoms with Gasteiger partial charge < -0.3 is 10.1 Å². The Labute approximate surface area is 161 Å². The number of nitrogens with zero attached hydrogens (tertiary/aromatic N) is 1. The molecule has 0 saturated heterocycles. The molecule has 0 aromatic heterocycles. The maximum atomic E-state index is 13.3. The van der Waals surface area contributed by atoms with Crippen molar-refractivity contribution in [1.82, 2.24) is 0 Å². The van der Waals surface area contributed by atoms with Crippen LogP contribution in [0.5, 0.6) is 5.75 Å². The molecule has 1 atom stereocenters. The minimum atomic E-state index is -3.54. The second-order valence-electron chi connectivity index (χ2n) is 6.32. The van der Waals surface area contributed by atoms with E-state index in [1.807, 2.05) is 6.92 Å². The first-order chi connectivity index (χ1) is 12.6. The van der Waals surface area contributed by atoms with E-state index in [-0.39, 0.29) is 18.0 Å². The van der Waals surface area contributed by atoms with Crippen molar-refractivity contribution in [2.24, 2.45) is 0 Å². The summed E-state index contributed by atoms with van der Waals surface area (Å²) < 4.78 is 44.6. The zero-order chi connectivity index (χ0) is 19.8. The predicted molar refractivity (Wildman–Crippen MR) is 102 cm³/mol. The van der Waals surface area contributed by atoms with E-state index >= 15 is 0 Å². The molecule has 0 spiro atoms. The molecule has 3 rings (SSSR count). The molecule has 9 heteroatoms. The molecule has 0 aliphatic carbocycles. The molecular weight excluding hydrogens is 395 g/mol. The molecule has 1 N–H and O–H groups in total. The number of aryl methyl sites for hydroxylation is 1. The van der Waals surface area contributed by atoms with Crippen LogP contribution in [0.25, 0.3) is 0 Å². The lowest BCUT2D eigenvalue weighted by Gasteiger charge is -2.21. The highest BCUT2D eigenvalue weighted by atomic mass is 35.5. The lowest BCUT2D eigenvalue weighted by Crippen LogP contribution is -2.36. The monoisotopic (exact) mass is 412 g/mol. The average Bonchev–Trinajstić information content (AvgIpc) is 2.77. The van der Waals surface area contributed by atoms with Gasteiger partial charge in [-0.25, -0.2) is 12.8 Å². The van der Waals surface area contributed by atoms with Crippen molar-refractivity contribution in [3.05, 3.63) is 52.8 Å². The smallest absolute Gasteiger partial charge is 0.265 e. The summed E-state index contributed by atoms with van der Waals surface area (Å²) >= 11 is 5.73. The van der Waals surface area contributed by atoms with Crippen LogP contribution in [0, 0.1) is 12.7 Å². The van der Waals surface area contributed by atoms with Crippen molar-refractivity contribution in [2.45, 2.75) is 19.4 Å². The molecule has 1 amide bonds. The molecule has 1 heterocycles. The number of fused-ring (bicyclic) bond motifs is 1. The van der Waals surface area contributed by atoms with E-state index < -0.39 is 27.9 Å². The third kappa shape index (κ3) is 4.33. The highest BCUT2D eigenvalue weighted by Crippen LogP contribution is 2.35. The molecule has 0 saturated carbocycles. The number of halogens is 2. The Kier molecular flexibility index (Phi) is 5.30. The maximum absolute atomic E-state index is 13.3. The number of hydrogen-bond acceptors (Lipinski definition) is 4. The molecule has 0 radical (unpaired) electrons. The van der Waals surface area contributed by atoms with Crippen molar-refractivity contribution in [3.63, 3.8) is 0 Å². The number of anilines is 2. The van der Waals surface area contributed by atoms with Gasteiger partial charge in [0.1, 0.15) is 11.6 Å². The van der Waals surface area contributed by atoms with E-state index in [9.17, 15) is 17.6 Å². The Morgan fingerprint density at radius 3 is 2.70 bits per heavy atom. The topological polar surface area (TPSA) is 75.7 Å². The first kappa shape index (κ1) is 19.4. The van der Waals surface area contributed by atoms with Crippen LogP contribution in [0.4, 0.5) is 15.8 Å². The van der Waals surface area contributed by atoms with Crippen LogP contribution in [0.2, 0.25) is 5.02 Å². The number of carbonyl (C=O) groups is 1. The van der Waals surface area contributed by atoms with Gasteiger partial charge in [0, 0.05) is 18.7 Å². The number of carbonyl (C=O) groups excluding carboxylic acids is 1. The molecular formula is C18H18ClFN2O4S. The van der Waals surface area contributed by atoms with Gasteiger partial charge in [0.25, 0.3) is 5.91 Å². The normalized spacial score (nSPS) is 16.9. The van der Waals surface area contributed by atoms with Crippen LogP contribution < -0.4 is 14.4 Å². The lowest BCUT2D eigenvalue weighted by molar-refractivity contribution is -0.122. The zero-order valence-electron chi connectivity index (χ0n) is 14.7. The van der Waals surface area contributed by atoms with Crippen LogP contribution in [0.3, 0.4) is 0 Å². The van der Waals surface area contributed by atoms with Gasteiger partial charge in [-0.05, 0) is 42.8 Å². The summed E-state index contributed by atoms with van der Waals surface area (Å²) in [5.41, 5.74) is 1.59. The van der Waals surface area contributed by atoms with Crippen molar-refractivity contribution >= 4 is 38.9 Å². The van der Waals surface area contributed by atoms with Gasteiger partial charge in [-0.1, -0.05) is 17.7 Å². The molecule has 27 heavy (non-hydrogen) atoms. The molecule has 1 aliphatic rings. The highest BCUT2D eigenvalue weighted by molar-refractivity contribution is 7.92. The van der Waals surface area contributed by atoms with Crippen molar-refractivity contribution in [1.29, 1.82) is 0 Å². The summed E-state index contributed by atoms with van der Waals surface area (Å²) in [7, 11) is -3.54. The third-order valence-corrected chi connectivity index (χ3v) is 5.60. The Bertz CT molecular complexity index is 997. The molecule has 144 valence electrons. The Balaban J connectivity index is 1.87. The van der Waals surface area contributed by atoms with Gasteiger partial charge in [0.05, 0.1) is 17.0 Å². The van der Waals surface area contributed by atoms with Crippen LogP contribution in [-0.4, -0.2) is 33.2 Å². The van der Waals surface area contributed by atoms with Crippen molar-refractivity contribution in [2.75, 3.05) is 22.4 Å². The van der Waals surface area contributed by atoms with Crippen LogP contribution in [0.1, 0.15) is 12.0 Å². The van der Waals surface area contributed by atoms with Gasteiger partial charge >= 0.3 is 0 Å². The van der Waals surface area contributed by atoms with E-state index in [4.69, 9.17) is 16.3 Å². The van der Waals surface area contributed by atoms with Crippen molar-refractivity contribution in [3.8, 4) is 5.75 Å². The summed E-state index contributed by atoms with van der Waals surface area (Å²) in [4.78, 5) is 12.6. The van der Waals surface area contributed by atoms with E-state index in [0.29, 0.717) is 17.1 Å². The first-order valence-electron chi connectivity index (χ1n) is 8.16. The molecule has 2 aromatic rings. The van der Waals surface area contributed by atoms with Gasteiger partial charge in [-0.3, -0.25) is 9.10 Å². The van der Waals surface area contributed by atoms with Gasteiger partial charge in [-0.2, -0.15) is 0 Å². The van der Waals surface area contributed by atoms with E-state index in [2.05, 4.69) is 5.32 Å². The van der Waals surface area contributed by atoms with E-state index in [0.717, 1.165) is 17.9 Å². The highest BCUT2D eigenvalue weighted by Gasteiger charge is 2.31. The number of amides is 1. The summed E-state index contributed by atoms with van der Waals surface area (Å²) in [5, 5.41) is 2.51. The Morgan fingerprint density at radius 1 is 1.30 bits per heavy atom. The van der Waals surface area contributed by atoms with Crippen LogP contribution in [-0.2, 0) is 14.8 Å². The Hall–Kier alpha value is -2.32. The molecule has 0 bridgehead atoms. The second-order valence-corrected chi connectivity index (χ2v) is 8.63. The molecule has 6 nitrogen and oxygen atoms in total. The second kappa shape index (κ2) is 7.36. The van der Waals surface area contributed by atoms with Crippen LogP contribution >= 0.6 is 11.6 Å². The van der Waals surface area contributed by atoms with Gasteiger partial charge in [0.15, 0.2) is 6.10 Å². The number of hydrogen-bond donors (Lipinski definition) is 1. The third-order valence-electron chi connectivity index (χ3n) is 4.13. The average molecular weight is 413 g/mol. The number of rotatable bonds is 3. The van der Waals surface area contributed by atoms with E-state index in [1.54, 1.807) is 18.2 Å².